The number of aromatic nitrogens is 2. The Hall–Kier alpha value is -2.01. The highest BCUT2D eigenvalue weighted by Gasteiger charge is 2.11. The van der Waals surface area contributed by atoms with E-state index in [1.807, 2.05) is 42.3 Å². The normalized spacial score (nSPS) is 10.8. The van der Waals surface area contributed by atoms with Crippen LogP contribution in [-0.4, -0.2) is 17.0 Å². The summed E-state index contributed by atoms with van der Waals surface area (Å²) in [7, 11) is 1.96. The van der Waals surface area contributed by atoms with Gasteiger partial charge in [-0.3, -0.25) is 9.97 Å². The Balaban J connectivity index is 2.04. The first-order chi connectivity index (χ1) is 10.1. The average molecular weight is 346 g/mol. The first kappa shape index (κ1) is 13.9. The molecule has 0 radical (unpaired) electrons. The number of fused-ring (bicyclic) bond motifs is 1. The van der Waals surface area contributed by atoms with Crippen molar-refractivity contribution in [2.45, 2.75) is 6.54 Å². The van der Waals surface area contributed by atoms with E-state index in [0.717, 1.165) is 16.8 Å². The fourth-order valence-corrected chi connectivity index (χ4v) is 2.75. The molecule has 0 spiro atoms. The maximum atomic E-state index is 14.0. The van der Waals surface area contributed by atoms with Crippen LogP contribution in [-0.2, 0) is 6.54 Å². The number of benzene rings is 1. The number of hydrogen-bond acceptors (Lipinski definition) is 3. The molecule has 3 aromatic rings. The topological polar surface area (TPSA) is 29.0 Å². The minimum Gasteiger partial charge on any atom is -0.368 e. The quantitative estimate of drug-likeness (QED) is 0.713. The maximum Gasteiger partial charge on any atom is 0.150 e. The molecule has 1 aromatic carbocycles. The first-order valence-corrected chi connectivity index (χ1v) is 7.29. The monoisotopic (exact) mass is 345 g/mol. The van der Waals surface area contributed by atoms with E-state index < -0.39 is 0 Å². The molecule has 0 amide bonds. The summed E-state index contributed by atoms with van der Waals surface area (Å²) < 4.78 is 14.7. The summed E-state index contributed by atoms with van der Waals surface area (Å²) in [6.07, 6.45) is 3.40. The third-order valence-corrected chi connectivity index (χ3v) is 3.73. The van der Waals surface area contributed by atoms with Crippen molar-refractivity contribution in [2.24, 2.45) is 0 Å². The lowest BCUT2D eigenvalue weighted by Crippen LogP contribution is -2.17. The highest BCUT2D eigenvalue weighted by Crippen LogP contribution is 2.30. The van der Waals surface area contributed by atoms with E-state index >= 15 is 0 Å². The van der Waals surface area contributed by atoms with Crippen LogP contribution in [0.1, 0.15) is 5.69 Å². The summed E-state index contributed by atoms with van der Waals surface area (Å²) >= 11 is 3.33. The van der Waals surface area contributed by atoms with E-state index in [2.05, 4.69) is 25.9 Å². The zero-order chi connectivity index (χ0) is 14.8. The molecule has 0 atom stereocenters. The largest absolute Gasteiger partial charge is 0.368 e. The molecule has 0 aliphatic rings. The third kappa shape index (κ3) is 2.88. The standard InChI is InChI=1S/C16H13BrFN3/c1-21(10-12-4-2-3-6-19-12)15-5-7-20-16-13(15)8-11(17)9-14(16)18/h2-9H,10H2,1H3. The molecule has 21 heavy (non-hydrogen) atoms. The first-order valence-electron chi connectivity index (χ1n) is 6.50. The Labute approximate surface area is 130 Å². The van der Waals surface area contributed by atoms with Crippen LogP contribution in [0.25, 0.3) is 10.9 Å². The molecule has 2 aromatic heterocycles. The molecule has 106 valence electrons. The molecular formula is C16H13BrFN3. The zero-order valence-electron chi connectivity index (χ0n) is 11.4. The number of nitrogens with zero attached hydrogens (tertiary/aromatic N) is 3. The number of hydrogen-bond donors (Lipinski definition) is 0. The van der Waals surface area contributed by atoms with Gasteiger partial charge in [0.05, 0.1) is 12.2 Å². The van der Waals surface area contributed by atoms with Gasteiger partial charge < -0.3 is 4.90 Å². The third-order valence-electron chi connectivity index (χ3n) is 3.28. The fourth-order valence-electron chi connectivity index (χ4n) is 2.32. The van der Waals surface area contributed by atoms with Crippen molar-refractivity contribution in [3.63, 3.8) is 0 Å². The predicted octanol–water partition coefficient (Wildman–Crippen LogP) is 4.17. The summed E-state index contributed by atoms with van der Waals surface area (Å²) in [5, 5.41) is 0.780. The molecule has 0 bridgehead atoms. The molecule has 3 nitrogen and oxygen atoms in total. The molecular weight excluding hydrogens is 333 g/mol. The Morgan fingerprint density at radius 3 is 2.76 bits per heavy atom. The Kier molecular flexibility index (Phi) is 3.84. The fraction of sp³-hybridized carbons (Fsp3) is 0.125. The van der Waals surface area contributed by atoms with Crippen LogP contribution in [0.5, 0.6) is 0 Å². The molecule has 5 heteroatoms. The van der Waals surface area contributed by atoms with Crippen molar-refractivity contribution in [3.8, 4) is 0 Å². The van der Waals surface area contributed by atoms with Crippen LogP contribution in [0.2, 0.25) is 0 Å². The van der Waals surface area contributed by atoms with E-state index in [4.69, 9.17) is 0 Å². The highest BCUT2D eigenvalue weighted by atomic mass is 79.9. The van der Waals surface area contributed by atoms with E-state index in [1.54, 1.807) is 12.4 Å². The van der Waals surface area contributed by atoms with Gasteiger partial charge >= 0.3 is 0 Å². The molecule has 0 N–H and O–H groups in total. The summed E-state index contributed by atoms with van der Waals surface area (Å²) in [6, 6.07) is 11.0. The van der Waals surface area contributed by atoms with Gasteiger partial charge in [0, 0.05) is 35.0 Å². The lowest BCUT2D eigenvalue weighted by atomic mass is 10.1. The Morgan fingerprint density at radius 1 is 1.14 bits per heavy atom. The van der Waals surface area contributed by atoms with Crippen LogP contribution in [0.3, 0.4) is 0 Å². The number of halogens is 2. The van der Waals surface area contributed by atoms with E-state index in [0.29, 0.717) is 16.5 Å². The molecule has 2 heterocycles. The predicted molar refractivity (Wildman–Crippen MR) is 85.7 cm³/mol. The summed E-state index contributed by atoms with van der Waals surface area (Å²) in [5.74, 6) is -0.326. The molecule has 0 unspecified atom stereocenters. The Morgan fingerprint density at radius 2 is 2.00 bits per heavy atom. The van der Waals surface area contributed by atoms with Crippen molar-refractivity contribution in [2.75, 3.05) is 11.9 Å². The Bertz CT molecular complexity index is 777. The summed E-state index contributed by atoms with van der Waals surface area (Å²) in [5.41, 5.74) is 2.26. The van der Waals surface area contributed by atoms with Crippen LogP contribution in [0, 0.1) is 5.82 Å². The SMILES string of the molecule is CN(Cc1ccccn1)c1ccnc2c(F)cc(Br)cc12. The zero-order valence-corrected chi connectivity index (χ0v) is 13.0. The van der Waals surface area contributed by atoms with E-state index in [-0.39, 0.29) is 5.82 Å². The molecule has 0 aliphatic carbocycles. The van der Waals surface area contributed by atoms with Crippen molar-refractivity contribution < 1.29 is 4.39 Å². The van der Waals surface area contributed by atoms with E-state index in [1.165, 1.54) is 6.07 Å². The highest BCUT2D eigenvalue weighted by molar-refractivity contribution is 9.10. The minimum absolute atomic E-state index is 0.326. The maximum absolute atomic E-state index is 14.0. The van der Waals surface area contributed by atoms with Gasteiger partial charge in [-0.15, -0.1) is 0 Å². The summed E-state index contributed by atoms with van der Waals surface area (Å²) in [4.78, 5) is 10.5. The smallest absolute Gasteiger partial charge is 0.150 e. The second-order valence-corrected chi connectivity index (χ2v) is 5.71. The van der Waals surface area contributed by atoms with Crippen LogP contribution >= 0.6 is 15.9 Å². The lowest BCUT2D eigenvalue weighted by molar-refractivity contribution is 0.636. The number of pyridine rings is 2. The lowest BCUT2D eigenvalue weighted by Gasteiger charge is -2.20. The van der Waals surface area contributed by atoms with Crippen LogP contribution < -0.4 is 4.90 Å². The van der Waals surface area contributed by atoms with E-state index in [9.17, 15) is 4.39 Å². The molecule has 0 saturated carbocycles. The molecule has 0 aliphatic heterocycles. The van der Waals surface area contributed by atoms with Crippen molar-refractivity contribution in [3.05, 3.63) is 64.8 Å². The van der Waals surface area contributed by atoms with Crippen molar-refractivity contribution in [1.29, 1.82) is 0 Å². The molecule has 0 fully saturated rings. The molecule has 0 saturated heterocycles. The molecule has 3 rings (SSSR count). The second-order valence-electron chi connectivity index (χ2n) is 4.79. The van der Waals surface area contributed by atoms with Gasteiger partial charge in [0.25, 0.3) is 0 Å². The minimum atomic E-state index is -0.326. The van der Waals surface area contributed by atoms with Gasteiger partial charge in [-0.25, -0.2) is 4.39 Å². The second kappa shape index (κ2) is 5.77. The number of anilines is 1. The van der Waals surface area contributed by atoms with Crippen LogP contribution in [0.4, 0.5) is 10.1 Å². The average Bonchev–Trinajstić information content (AvgIpc) is 2.47. The van der Waals surface area contributed by atoms with Gasteiger partial charge in [0.15, 0.2) is 5.82 Å². The number of rotatable bonds is 3. The van der Waals surface area contributed by atoms with Gasteiger partial charge in [-0.1, -0.05) is 22.0 Å². The van der Waals surface area contributed by atoms with Gasteiger partial charge in [0.1, 0.15) is 5.52 Å². The van der Waals surface area contributed by atoms with Crippen molar-refractivity contribution in [1.82, 2.24) is 9.97 Å². The van der Waals surface area contributed by atoms with Gasteiger partial charge in [0.2, 0.25) is 0 Å². The summed E-state index contributed by atoms with van der Waals surface area (Å²) in [6.45, 7) is 0.647. The van der Waals surface area contributed by atoms with Gasteiger partial charge in [-0.05, 0) is 30.3 Å². The van der Waals surface area contributed by atoms with Gasteiger partial charge in [-0.2, -0.15) is 0 Å². The van der Waals surface area contributed by atoms with Crippen LogP contribution in [0.15, 0.2) is 53.3 Å². The van der Waals surface area contributed by atoms with Crippen molar-refractivity contribution >= 4 is 32.5 Å².